The van der Waals surface area contributed by atoms with Crippen LogP contribution in [0.4, 0.5) is 4.39 Å². The van der Waals surface area contributed by atoms with Crippen LogP contribution in [0.15, 0.2) is 24.3 Å². The maximum Gasteiger partial charge on any atom is 0.123 e. The van der Waals surface area contributed by atoms with Crippen molar-refractivity contribution in [2.45, 2.75) is 12.5 Å². The van der Waals surface area contributed by atoms with Crippen LogP contribution in [-0.4, -0.2) is 13.7 Å². The minimum absolute atomic E-state index is 0.273. The molecule has 0 radical (unpaired) electrons. The van der Waals surface area contributed by atoms with Gasteiger partial charge < -0.3 is 10.5 Å². The van der Waals surface area contributed by atoms with Crippen LogP contribution in [-0.2, 0) is 10.3 Å². The van der Waals surface area contributed by atoms with E-state index in [0.717, 1.165) is 5.56 Å². The Morgan fingerprint density at radius 3 is 2.77 bits per heavy atom. The minimum Gasteiger partial charge on any atom is -0.382 e. The van der Waals surface area contributed by atoms with Crippen molar-refractivity contribution in [1.82, 2.24) is 0 Å². The van der Waals surface area contributed by atoms with Crippen LogP contribution in [0.2, 0.25) is 0 Å². The molecule has 0 bridgehead atoms. The van der Waals surface area contributed by atoms with Gasteiger partial charge in [-0.3, -0.25) is 0 Å². The van der Waals surface area contributed by atoms with Gasteiger partial charge in [0.15, 0.2) is 0 Å². The lowest BCUT2D eigenvalue weighted by atomic mass is 9.94. The molecule has 0 amide bonds. The smallest absolute Gasteiger partial charge is 0.123 e. The lowest BCUT2D eigenvalue weighted by Gasteiger charge is -2.23. The molecule has 0 aliphatic carbocycles. The summed E-state index contributed by atoms with van der Waals surface area (Å²) in [5, 5.41) is 0. The summed E-state index contributed by atoms with van der Waals surface area (Å²) in [5.74, 6) is -0.273. The van der Waals surface area contributed by atoms with Gasteiger partial charge in [0, 0.05) is 7.11 Å². The summed E-state index contributed by atoms with van der Waals surface area (Å²) in [4.78, 5) is 0. The Morgan fingerprint density at radius 1 is 1.54 bits per heavy atom. The van der Waals surface area contributed by atoms with Gasteiger partial charge in [0.25, 0.3) is 0 Å². The molecule has 3 heteroatoms. The number of halogens is 1. The van der Waals surface area contributed by atoms with E-state index in [4.69, 9.17) is 10.5 Å². The molecule has 1 atom stereocenters. The number of rotatable bonds is 3. The van der Waals surface area contributed by atoms with Crippen LogP contribution in [0.25, 0.3) is 0 Å². The molecule has 0 saturated carbocycles. The molecule has 0 spiro atoms. The van der Waals surface area contributed by atoms with Crippen LogP contribution < -0.4 is 5.73 Å². The zero-order chi connectivity index (χ0) is 9.90. The third-order valence-electron chi connectivity index (χ3n) is 1.93. The van der Waals surface area contributed by atoms with Crippen molar-refractivity contribution in [3.8, 4) is 0 Å². The molecule has 2 N–H and O–H groups in total. The van der Waals surface area contributed by atoms with Gasteiger partial charge in [-0.15, -0.1) is 0 Å². The summed E-state index contributed by atoms with van der Waals surface area (Å²) in [6.45, 7) is 2.18. The number of ether oxygens (including phenoxy) is 1. The summed E-state index contributed by atoms with van der Waals surface area (Å²) >= 11 is 0. The van der Waals surface area contributed by atoms with E-state index in [2.05, 4.69) is 0 Å². The number of methoxy groups -OCH3 is 1. The molecular weight excluding hydrogens is 169 g/mol. The quantitative estimate of drug-likeness (QED) is 0.773. The molecule has 1 aromatic rings. The highest BCUT2D eigenvalue weighted by atomic mass is 19.1. The van der Waals surface area contributed by atoms with Crippen molar-refractivity contribution in [3.63, 3.8) is 0 Å². The highest BCUT2D eigenvalue weighted by Gasteiger charge is 2.20. The molecular formula is C10H14FNO. The molecule has 0 aromatic heterocycles. The van der Waals surface area contributed by atoms with E-state index in [1.807, 2.05) is 6.92 Å². The third kappa shape index (κ3) is 2.50. The van der Waals surface area contributed by atoms with Crippen molar-refractivity contribution in [1.29, 1.82) is 0 Å². The van der Waals surface area contributed by atoms with Gasteiger partial charge in [-0.1, -0.05) is 12.1 Å². The monoisotopic (exact) mass is 183 g/mol. The minimum atomic E-state index is -0.628. The van der Waals surface area contributed by atoms with E-state index in [9.17, 15) is 4.39 Å². The van der Waals surface area contributed by atoms with Crippen LogP contribution in [0, 0.1) is 5.82 Å². The van der Waals surface area contributed by atoms with Crippen LogP contribution in [0.5, 0.6) is 0 Å². The van der Waals surface area contributed by atoms with E-state index in [1.54, 1.807) is 19.2 Å². The average molecular weight is 183 g/mol. The zero-order valence-corrected chi connectivity index (χ0v) is 7.88. The van der Waals surface area contributed by atoms with Gasteiger partial charge in [-0.2, -0.15) is 0 Å². The van der Waals surface area contributed by atoms with Gasteiger partial charge in [-0.25, -0.2) is 4.39 Å². The maximum atomic E-state index is 12.8. The first-order valence-corrected chi connectivity index (χ1v) is 4.10. The Balaban J connectivity index is 2.93. The highest BCUT2D eigenvalue weighted by molar-refractivity contribution is 5.23. The first-order valence-electron chi connectivity index (χ1n) is 4.10. The highest BCUT2D eigenvalue weighted by Crippen LogP contribution is 2.18. The van der Waals surface area contributed by atoms with E-state index in [0.29, 0.717) is 6.61 Å². The first kappa shape index (κ1) is 10.2. The molecule has 0 fully saturated rings. The molecule has 2 nitrogen and oxygen atoms in total. The number of hydrogen-bond donors (Lipinski definition) is 1. The van der Waals surface area contributed by atoms with Crippen molar-refractivity contribution in [2.75, 3.05) is 13.7 Å². The topological polar surface area (TPSA) is 35.2 Å². The Kier molecular flexibility index (Phi) is 3.01. The molecule has 0 saturated heterocycles. The van der Waals surface area contributed by atoms with Crippen LogP contribution in [0.1, 0.15) is 12.5 Å². The second kappa shape index (κ2) is 3.85. The molecule has 1 unspecified atom stereocenters. The second-order valence-electron chi connectivity index (χ2n) is 3.36. The average Bonchev–Trinajstić information content (AvgIpc) is 2.04. The van der Waals surface area contributed by atoms with E-state index >= 15 is 0 Å². The zero-order valence-electron chi connectivity index (χ0n) is 7.88. The number of hydrogen-bond acceptors (Lipinski definition) is 2. The summed E-state index contributed by atoms with van der Waals surface area (Å²) in [7, 11) is 1.57. The number of nitrogens with two attached hydrogens (primary N) is 1. The molecule has 0 heterocycles. The normalized spacial score (nSPS) is 15.4. The third-order valence-corrected chi connectivity index (χ3v) is 1.93. The Bertz CT molecular complexity index is 286. The first-order chi connectivity index (χ1) is 6.06. The second-order valence-corrected chi connectivity index (χ2v) is 3.36. The summed E-state index contributed by atoms with van der Waals surface area (Å²) in [6, 6.07) is 6.26. The largest absolute Gasteiger partial charge is 0.382 e. The van der Waals surface area contributed by atoms with Crippen molar-refractivity contribution < 1.29 is 9.13 Å². The van der Waals surface area contributed by atoms with E-state index in [-0.39, 0.29) is 5.82 Å². The predicted octanol–water partition coefficient (Wildman–Crippen LogP) is 1.65. The fraction of sp³-hybridized carbons (Fsp3) is 0.400. The summed E-state index contributed by atoms with van der Waals surface area (Å²) < 4.78 is 17.8. The van der Waals surface area contributed by atoms with E-state index in [1.165, 1.54) is 12.1 Å². The van der Waals surface area contributed by atoms with Gasteiger partial charge >= 0.3 is 0 Å². The van der Waals surface area contributed by atoms with Crippen molar-refractivity contribution >= 4 is 0 Å². The lowest BCUT2D eigenvalue weighted by molar-refractivity contribution is 0.141. The van der Waals surface area contributed by atoms with Crippen LogP contribution >= 0.6 is 0 Å². The van der Waals surface area contributed by atoms with Crippen molar-refractivity contribution in [3.05, 3.63) is 35.6 Å². The SMILES string of the molecule is COCC(C)(N)c1cccc(F)c1. The molecule has 0 aliphatic rings. The summed E-state index contributed by atoms with van der Waals surface area (Å²) in [6.07, 6.45) is 0. The molecule has 13 heavy (non-hydrogen) atoms. The van der Waals surface area contributed by atoms with Gasteiger partial charge in [0.05, 0.1) is 12.1 Å². The fourth-order valence-corrected chi connectivity index (χ4v) is 1.23. The molecule has 1 rings (SSSR count). The standard InChI is InChI=1S/C10H14FNO/c1-10(12,7-13-2)8-4-3-5-9(11)6-8/h3-6H,7,12H2,1-2H3. The Labute approximate surface area is 77.5 Å². The van der Waals surface area contributed by atoms with Gasteiger partial charge in [0.2, 0.25) is 0 Å². The maximum absolute atomic E-state index is 12.8. The fourth-order valence-electron chi connectivity index (χ4n) is 1.23. The van der Waals surface area contributed by atoms with Crippen molar-refractivity contribution in [2.24, 2.45) is 5.73 Å². The molecule has 0 aliphatic heterocycles. The molecule has 72 valence electrons. The Hall–Kier alpha value is -0.930. The predicted molar refractivity (Wildman–Crippen MR) is 49.8 cm³/mol. The van der Waals surface area contributed by atoms with Crippen LogP contribution in [0.3, 0.4) is 0 Å². The lowest BCUT2D eigenvalue weighted by Crippen LogP contribution is -2.37. The Morgan fingerprint density at radius 2 is 2.23 bits per heavy atom. The number of benzene rings is 1. The van der Waals surface area contributed by atoms with E-state index < -0.39 is 5.54 Å². The van der Waals surface area contributed by atoms with Gasteiger partial charge in [0.1, 0.15) is 5.82 Å². The summed E-state index contributed by atoms with van der Waals surface area (Å²) in [5.41, 5.74) is 6.04. The van der Waals surface area contributed by atoms with Gasteiger partial charge in [-0.05, 0) is 24.6 Å². The molecule has 1 aromatic carbocycles.